The van der Waals surface area contributed by atoms with Gasteiger partial charge in [-0.15, -0.1) is 0 Å². The van der Waals surface area contributed by atoms with Crippen LogP contribution in [0.4, 0.5) is 0 Å². The number of carboxylic acid groups (broad SMARTS) is 1. The monoisotopic (exact) mass is 357 g/mol. The molecule has 0 radical (unpaired) electrons. The van der Waals surface area contributed by atoms with E-state index in [0.29, 0.717) is 11.5 Å². The van der Waals surface area contributed by atoms with Gasteiger partial charge in [0.2, 0.25) is 0 Å². The van der Waals surface area contributed by atoms with E-state index in [1.54, 1.807) is 12.1 Å². The van der Waals surface area contributed by atoms with Crippen LogP contribution in [0.15, 0.2) is 84.9 Å². The van der Waals surface area contributed by atoms with Crippen LogP contribution in [0, 0.1) is 0 Å². The van der Waals surface area contributed by atoms with Crippen LogP contribution in [0.25, 0.3) is 0 Å². The largest absolute Gasteiger partial charge is 0.478 e. The Morgan fingerprint density at radius 3 is 2.07 bits per heavy atom. The number of piperidine rings is 1. The molecule has 0 spiro atoms. The maximum atomic E-state index is 11.3. The van der Waals surface area contributed by atoms with Crippen LogP contribution in [-0.2, 0) is 5.41 Å². The molecule has 3 aromatic carbocycles. The molecule has 3 aromatic rings. The van der Waals surface area contributed by atoms with E-state index in [4.69, 9.17) is 0 Å². The van der Waals surface area contributed by atoms with Gasteiger partial charge in [-0.1, -0.05) is 72.8 Å². The van der Waals surface area contributed by atoms with Gasteiger partial charge >= 0.3 is 5.97 Å². The van der Waals surface area contributed by atoms with E-state index in [1.807, 2.05) is 18.2 Å². The topological polar surface area (TPSA) is 49.3 Å². The van der Waals surface area contributed by atoms with Gasteiger partial charge in [-0.25, -0.2) is 4.79 Å². The highest BCUT2D eigenvalue weighted by Crippen LogP contribution is 2.47. The van der Waals surface area contributed by atoms with Gasteiger partial charge in [-0.3, -0.25) is 0 Å². The van der Waals surface area contributed by atoms with Gasteiger partial charge in [0.25, 0.3) is 0 Å². The van der Waals surface area contributed by atoms with Crippen LogP contribution >= 0.6 is 0 Å². The van der Waals surface area contributed by atoms with Crippen molar-refractivity contribution in [3.8, 4) is 0 Å². The van der Waals surface area contributed by atoms with Gasteiger partial charge in [0.1, 0.15) is 0 Å². The molecule has 1 aliphatic rings. The maximum absolute atomic E-state index is 11.3. The number of hydrogen-bond donors (Lipinski definition) is 2. The van der Waals surface area contributed by atoms with Gasteiger partial charge in [0.05, 0.1) is 5.56 Å². The number of nitrogens with one attached hydrogen (secondary N) is 1. The summed E-state index contributed by atoms with van der Waals surface area (Å²) in [5.41, 5.74) is 3.82. The Morgan fingerprint density at radius 2 is 1.44 bits per heavy atom. The highest BCUT2D eigenvalue weighted by atomic mass is 16.4. The van der Waals surface area contributed by atoms with Crippen LogP contribution in [0.3, 0.4) is 0 Å². The van der Waals surface area contributed by atoms with E-state index in [0.717, 1.165) is 25.1 Å². The number of benzene rings is 3. The van der Waals surface area contributed by atoms with Gasteiger partial charge < -0.3 is 10.4 Å². The van der Waals surface area contributed by atoms with E-state index < -0.39 is 5.97 Å². The molecule has 2 atom stereocenters. The summed E-state index contributed by atoms with van der Waals surface area (Å²) in [6.45, 7) is 1.80. The summed E-state index contributed by atoms with van der Waals surface area (Å²) >= 11 is 0. The molecule has 1 fully saturated rings. The molecule has 27 heavy (non-hydrogen) atoms. The quantitative estimate of drug-likeness (QED) is 0.725. The smallest absolute Gasteiger partial charge is 0.335 e. The highest BCUT2D eigenvalue weighted by Gasteiger charge is 2.44. The second-order valence-electron chi connectivity index (χ2n) is 7.15. The summed E-state index contributed by atoms with van der Waals surface area (Å²) < 4.78 is 0. The molecule has 4 rings (SSSR count). The van der Waals surface area contributed by atoms with Gasteiger partial charge in [0.15, 0.2) is 0 Å². The average molecular weight is 357 g/mol. The fraction of sp³-hybridized carbons (Fsp3) is 0.208. The van der Waals surface area contributed by atoms with Gasteiger partial charge in [-0.05, 0) is 41.8 Å². The van der Waals surface area contributed by atoms with Crippen molar-refractivity contribution in [3.05, 3.63) is 107 Å². The first-order chi connectivity index (χ1) is 13.2. The molecule has 0 aromatic heterocycles. The summed E-state index contributed by atoms with van der Waals surface area (Å²) in [6.07, 6.45) is 1.03. The van der Waals surface area contributed by atoms with E-state index in [-0.39, 0.29) is 5.41 Å². The van der Waals surface area contributed by atoms with Crippen molar-refractivity contribution < 1.29 is 9.90 Å². The van der Waals surface area contributed by atoms with Crippen LogP contribution in [0.5, 0.6) is 0 Å². The zero-order chi connectivity index (χ0) is 18.7. The first-order valence-corrected chi connectivity index (χ1v) is 9.37. The third-order valence-electron chi connectivity index (χ3n) is 5.75. The standard InChI is InChI=1S/C24H23NO2/c26-23(27)19-11-13-21(14-12-19)24(20-9-5-2-6-10-20)17-25-16-15-22(24)18-7-3-1-4-8-18/h1-14,22,25H,15-17H2,(H,26,27). The second kappa shape index (κ2) is 7.37. The Morgan fingerprint density at radius 1 is 0.852 bits per heavy atom. The SMILES string of the molecule is O=C(O)c1ccc(C2(c3ccccc3)CNCCC2c2ccccc2)cc1. The maximum Gasteiger partial charge on any atom is 0.335 e. The van der Waals surface area contributed by atoms with Crippen molar-refractivity contribution in [2.24, 2.45) is 0 Å². The molecule has 0 saturated carbocycles. The molecule has 136 valence electrons. The third-order valence-corrected chi connectivity index (χ3v) is 5.75. The molecule has 2 unspecified atom stereocenters. The minimum Gasteiger partial charge on any atom is -0.478 e. The van der Waals surface area contributed by atoms with Gasteiger partial charge in [-0.2, -0.15) is 0 Å². The van der Waals surface area contributed by atoms with Crippen molar-refractivity contribution in [3.63, 3.8) is 0 Å². The minimum absolute atomic E-state index is 0.238. The van der Waals surface area contributed by atoms with Crippen molar-refractivity contribution in [2.75, 3.05) is 13.1 Å². The van der Waals surface area contributed by atoms with Crippen molar-refractivity contribution in [2.45, 2.75) is 17.8 Å². The summed E-state index contributed by atoms with van der Waals surface area (Å²) in [6, 6.07) is 28.7. The molecule has 1 saturated heterocycles. The second-order valence-corrected chi connectivity index (χ2v) is 7.15. The lowest BCUT2D eigenvalue weighted by atomic mass is 9.61. The van der Waals surface area contributed by atoms with Crippen LogP contribution in [0.1, 0.15) is 39.4 Å². The molecular weight excluding hydrogens is 334 g/mol. The van der Waals surface area contributed by atoms with Crippen LogP contribution < -0.4 is 5.32 Å². The van der Waals surface area contributed by atoms with Crippen LogP contribution in [-0.4, -0.2) is 24.2 Å². The lowest BCUT2D eigenvalue weighted by Crippen LogP contribution is -2.49. The van der Waals surface area contributed by atoms with Crippen molar-refractivity contribution in [1.29, 1.82) is 0 Å². The molecule has 3 heteroatoms. The fourth-order valence-corrected chi connectivity index (χ4v) is 4.46. The Balaban J connectivity index is 1.91. The van der Waals surface area contributed by atoms with Gasteiger partial charge in [0, 0.05) is 17.9 Å². The lowest BCUT2D eigenvalue weighted by molar-refractivity contribution is 0.0697. The Hall–Kier alpha value is -2.91. The predicted molar refractivity (Wildman–Crippen MR) is 107 cm³/mol. The Kier molecular flexibility index (Phi) is 4.78. The Bertz CT molecular complexity index is 906. The minimum atomic E-state index is -0.892. The molecule has 1 aliphatic heterocycles. The first-order valence-electron chi connectivity index (χ1n) is 9.37. The highest BCUT2D eigenvalue weighted by molar-refractivity contribution is 5.87. The van der Waals surface area contributed by atoms with Crippen molar-refractivity contribution in [1.82, 2.24) is 5.32 Å². The zero-order valence-corrected chi connectivity index (χ0v) is 15.1. The summed E-state index contributed by atoms with van der Waals surface area (Å²) in [5.74, 6) is -0.574. The number of carboxylic acids is 1. The number of hydrogen-bond acceptors (Lipinski definition) is 2. The number of rotatable bonds is 4. The summed E-state index contributed by atoms with van der Waals surface area (Å²) in [4.78, 5) is 11.3. The summed E-state index contributed by atoms with van der Waals surface area (Å²) in [5, 5.41) is 12.9. The summed E-state index contributed by atoms with van der Waals surface area (Å²) in [7, 11) is 0. The van der Waals surface area contributed by atoms with Crippen LogP contribution in [0.2, 0.25) is 0 Å². The number of aromatic carboxylic acids is 1. The fourth-order valence-electron chi connectivity index (χ4n) is 4.46. The molecule has 0 amide bonds. The number of carbonyl (C=O) groups is 1. The molecule has 0 aliphatic carbocycles. The third kappa shape index (κ3) is 3.15. The van der Waals surface area contributed by atoms with E-state index in [9.17, 15) is 9.90 Å². The molecular formula is C24H23NO2. The first kappa shape index (κ1) is 17.5. The van der Waals surface area contributed by atoms with E-state index in [1.165, 1.54) is 11.1 Å². The normalized spacial score (nSPS) is 22.3. The molecule has 3 nitrogen and oxygen atoms in total. The zero-order valence-electron chi connectivity index (χ0n) is 15.1. The lowest BCUT2D eigenvalue weighted by Gasteiger charge is -2.46. The van der Waals surface area contributed by atoms with Crippen molar-refractivity contribution >= 4 is 5.97 Å². The predicted octanol–water partition coefficient (Wildman–Crippen LogP) is 4.45. The molecule has 1 heterocycles. The molecule has 0 bridgehead atoms. The van der Waals surface area contributed by atoms with E-state index >= 15 is 0 Å². The Labute approximate surface area is 159 Å². The average Bonchev–Trinajstić information content (AvgIpc) is 2.75. The van der Waals surface area contributed by atoms with E-state index in [2.05, 4.69) is 59.9 Å². The molecule has 2 N–H and O–H groups in total.